The molecule has 0 spiro atoms. The Bertz CT molecular complexity index is 409. The summed E-state index contributed by atoms with van der Waals surface area (Å²) >= 11 is 0. The second kappa shape index (κ2) is 5.08. The molecule has 0 amide bonds. The van der Waals surface area contributed by atoms with Gasteiger partial charge < -0.3 is 15.1 Å². The lowest BCUT2D eigenvalue weighted by molar-refractivity contribution is 0.0694. The molecule has 0 aromatic heterocycles. The van der Waals surface area contributed by atoms with Crippen molar-refractivity contribution < 1.29 is 15.0 Å². The van der Waals surface area contributed by atoms with E-state index in [1.807, 2.05) is 0 Å². The third-order valence-electron chi connectivity index (χ3n) is 3.18. The summed E-state index contributed by atoms with van der Waals surface area (Å²) in [7, 11) is 0. The first-order valence-electron chi connectivity index (χ1n) is 6.00. The minimum Gasteiger partial charge on any atom is -0.507 e. The second-order valence-corrected chi connectivity index (χ2v) is 4.41. The lowest BCUT2D eigenvalue weighted by Gasteiger charge is -2.22. The largest absolute Gasteiger partial charge is 0.507 e. The molecular weight excluding hydrogens is 218 g/mol. The number of rotatable bonds is 2. The van der Waals surface area contributed by atoms with Gasteiger partial charge in [0.15, 0.2) is 0 Å². The molecule has 92 valence electrons. The van der Waals surface area contributed by atoms with Gasteiger partial charge in [-0.25, -0.2) is 4.79 Å². The third kappa shape index (κ3) is 2.70. The Balaban J connectivity index is 2.21. The van der Waals surface area contributed by atoms with E-state index in [9.17, 15) is 9.90 Å². The van der Waals surface area contributed by atoms with Gasteiger partial charge in [-0.05, 0) is 25.0 Å². The predicted octanol–water partition coefficient (Wildman–Crippen LogP) is 2.47. The summed E-state index contributed by atoms with van der Waals surface area (Å²) in [6, 6.07) is 4.79. The number of hydrogen-bond acceptors (Lipinski definition) is 3. The van der Waals surface area contributed by atoms with Gasteiger partial charge in [0, 0.05) is 24.8 Å². The first kappa shape index (κ1) is 11.8. The van der Waals surface area contributed by atoms with E-state index >= 15 is 0 Å². The molecule has 0 radical (unpaired) electrons. The minimum atomic E-state index is -1.09. The Morgan fingerprint density at radius 3 is 2.29 bits per heavy atom. The number of aromatic hydroxyl groups is 1. The van der Waals surface area contributed by atoms with Crippen molar-refractivity contribution in [3.05, 3.63) is 23.8 Å². The molecule has 0 bridgehead atoms. The molecule has 17 heavy (non-hydrogen) atoms. The molecule has 1 aromatic carbocycles. The molecule has 1 fully saturated rings. The summed E-state index contributed by atoms with van der Waals surface area (Å²) in [5, 5.41) is 18.5. The maximum absolute atomic E-state index is 10.8. The van der Waals surface area contributed by atoms with Crippen LogP contribution in [0.15, 0.2) is 18.2 Å². The number of carboxylic acids is 1. The normalized spacial score (nSPS) is 16.6. The molecule has 0 aliphatic carbocycles. The molecule has 1 saturated heterocycles. The molecule has 0 saturated carbocycles. The highest BCUT2D eigenvalue weighted by molar-refractivity contribution is 5.91. The molecule has 2 rings (SSSR count). The van der Waals surface area contributed by atoms with Gasteiger partial charge in [0.1, 0.15) is 11.3 Å². The first-order chi connectivity index (χ1) is 8.18. The van der Waals surface area contributed by atoms with Gasteiger partial charge in [-0.3, -0.25) is 0 Å². The van der Waals surface area contributed by atoms with Gasteiger partial charge in [-0.15, -0.1) is 0 Å². The Morgan fingerprint density at radius 2 is 1.76 bits per heavy atom. The van der Waals surface area contributed by atoms with Gasteiger partial charge in [0.2, 0.25) is 0 Å². The average Bonchev–Trinajstić information content (AvgIpc) is 2.56. The standard InChI is InChI=1S/C13H17NO3/c15-12-9-10(5-6-11(12)13(16)17)14-7-3-1-2-4-8-14/h5-6,9,15H,1-4,7-8H2,(H,16,17). The molecule has 1 aliphatic rings. The van der Waals surface area contributed by atoms with E-state index in [2.05, 4.69) is 4.90 Å². The number of nitrogens with zero attached hydrogens (tertiary/aromatic N) is 1. The third-order valence-corrected chi connectivity index (χ3v) is 3.18. The van der Waals surface area contributed by atoms with E-state index in [0.717, 1.165) is 31.6 Å². The van der Waals surface area contributed by atoms with Crippen LogP contribution < -0.4 is 4.90 Å². The SMILES string of the molecule is O=C(O)c1ccc(N2CCCCCC2)cc1O. The van der Waals surface area contributed by atoms with E-state index in [1.54, 1.807) is 12.1 Å². The van der Waals surface area contributed by atoms with E-state index in [1.165, 1.54) is 18.9 Å². The van der Waals surface area contributed by atoms with Crippen molar-refractivity contribution in [2.45, 2.75) is 25.7 Å². The van der Waals surface area contributed by atoms with Crippen molar-refractivity contribution in [3.8, 4) is 5.75 Å². The molecule has 4 nitrogen and oxygen atoms in total. The molecule has 1 aromatic rings. The van der Waals surface area contributed by atoms with E-state index in [-0.39, 0.29) is 11.3 Å². The molecule has 2 N–H and O–H groups in total. The number of anilines is 1. The van der Waals surface area contributed by atoms with Gasteiger partial charge in [0.25, 0.3) is 0 Å². The molecule has 1 aliphatic heterocycles. The van der Waals surface area contributed by atoms with E-state index in [0.29, 0.717) is 0 Å². The highest BCUT2D eigenvalue weighted by Gasteiger charge is 2.14. The number of carbonyl (C=O) groups is 1. The smallest absolute Gasteiger partial charge is 0.339 e. The number of hydrogen-bond donors (Lipinski definition) is 2. The van der Waals surface area contributed by atoms with Crippen LogP contribution in [0.5, 0.6) is 5.75 Å². The number of carboxylic acid groups (broad SMARTS) is 1. The van der Waals surface area contributed by atoms with Crippen molar-refractivity contribution in [1.29, 1.82) is 0 Å². The van der Waals surface area contributed by atoms with Crippen LogP contribution in [-0.2, 0) is 0 Å². The van der Waals surface area contributed by atoms with Crippen LogP contribution in [-0.4, -0.2) is 29.3 Å². The number of aromatic carboxylic acids is 1. The van der Waals surface area contributed by atoms with Crippen LogP contribution >= 0.6 is 0 Å². The average molecular weight is 235 g/mol. The highest BCUT2D eigenvalue weighted by Crippen LogP contribution is 2.26. The van der Waals surface area contributed by atoms with Crippen molar-refractivity contribution in [1.82, 2.24) is 0 Å². The Labute approximate surface area is 100 Å². The van der Waals surface area contributed by atoms with Crippen LogP contribution in [0.3, 0.4) is 0 Å². The maximum atomic E-state index is 10.8. The van der Waals surface area contributed by atoms with E-state index < -0.39 is 5.97 Å². The summed E-state index contributed by atoms with van der Waals surface area (Å²) in [4.78, 5) is 13.0. The first-order valence-corrected chi connectivity index (χ1v) is 6.00. The summed E-state index contributed by atoms with van der Waals surface area (Å²) < 4.78 is 0. The molecule has 1 heterocycles. The zero-order valence-corrected chi connectivity index (χ0v) is 9.72. The maximum Gasteiger partial charge on any atom is 0.339 e. The second-order valence-electron chi connectivity index (χ2n) is 4.41. The van der Waals surface area contributed by atoms with Gasteiger partial charge in [0.05, 0.1) is 0 Å². The Kier molecular flexibility index (Phi) is 3.52. The van der Waals surface area contributed by atoms with Crippen molar-refractivity contribution in [2.75, 3.05) is 18.0 Å². The zero-order valence-electron chi connectivity index (χ0n) is 9.72. The highest BCUT2D eigenvalue weighted by atomic mass is 16.4. The predicted molar refractivity (Wildman–Crippen MR) is 65.7 cm³/mol. The Hall–Kier alpha value is -1.71. The van der Waals surface area contributed by atoms with Crippen LogP contribution in [0, 0.1) is 0 Å². The summed E-state index contributed by atoms with van der Waals surface area (Å²) in [5.74, 6) is -1.25. The van der Waals surface area contributed by atoms with Crippen LogP contribution in [0.25, 0.3) is 0 Å². The zero-order chi connectivity index (χ0) is 12.3. The van der Waals surface area contributed by atoms with Gasteiger partial charge in [-0.2, -0.15) is 0 Å². The van der Waals surface area contributed by atoms with Crippen molar-refractivity contribution in [3.63, 3.8) is 0 Å². The van der Waals surface area contributed by atoms with Crippen molar-refractivity contribution >= 4 is 11.7 Å². The summed E-state index contributed by atoms with van der Waals surface area (Å²) in [5.41, 5.74) is 0.873. The molecule has 0 atom stereocenters. The molecular formula is C13H17NO3. The monoisotopic (exact) mass is 235 g/mol. The fourth-order valence-corrected chi connectivity index (χ4v) is 2.23. The quantitative estimate of drug-likeness (QED) is 0.826. The molecule has 0 unspecified atom stereocenters. The fraction of sp³-hybridized carbons (Fsp3) is 0.462. The van der Waals surface area contributed by atoms with Crippen LogP contribution in [0.4, 0.5) is 5.69 Å². The van der Waals surface area contributed by atoms with Crippen molar-refractivity contribution in [2.24, 2.45) is 0 Å². The number of phenols is 1. The number of benzene rings is 1. The van der Waals surface area contributed by atoms with Crippen LogP contribution in [0.2, 0.25) is 0 Å². The van der Waals surface area contributed by atoms with Gasteiger partial charge >= 0.3 is 5.97 Å². The summed E-state index contributed by atoms with van der Waals surface area (Å²) in [6.45, 7) is 1.96. The topological polar surface area (TPSA) is 60.8 Å². The lowest BCUT2D eigenvalue weighted by Crippen LogP contribution is -2.23. The van der Waals surface area contributed by atoms with Gasteiger partial charge in [-0.1, -0.05) is 12.8 Å². The summed E-state index contributed by atoms with van der Waals surface area (Å²) in [6.07, 6.45) is 4.80. The minimum absolute atomic E-state index is 0.0384. The van der Waals surface area contributed by atoms with Crippen LogP contribution in [0.1, 0.15) is 36.0 Å². The molecule has 4 heteroatoms. The lowest BCUT2D eigenvalue weighted by atomic mass is 10.1. The Morgan fingerprint density at radius 1 is 1.12 bits per heavy atom. The fourth-order valence-electron chi connectivity index (χ4n) is 2.23. The van der Waals surface area contributed by atoms with E-state index in [4.69, 9.17) is 5.11 Å².